The Kier molecular flexibility index (Phi) is 5.93. The highest BCUT2D eigenvalue weighted by Crippen LogP contribution is 2.54. The van der Waals surface area contributed by atoms with Gasteiger partial charge in [-0.1, -0.05) is 18.1 Å². The lowest BCUT2D eigenvalue weighted by Gasteiger charge is -2.30. The zero-order valence-corrected chi connectivity index (χ0v) is 19.7. The van der Waals surface area contributed by atoms with Crippen molar-refractivity contribution in [3.63, 3.8) is 0 Å². The van der Waals surface area contributed by atoms with Crippen LogP contribution in [0.25, 0.3) is 0 Å². The molecule has 6 heteroatoms. The van der Waals surface area contributed by atoms with E-state index in [1.165, 1.54) is 25.2 Å². The minimum absolute atomic E-state index is 0.0121. The van der Waals surface area contributed by atoms with Gasteiger partial charge in [0.2, 0.25) is 0 Å². The Labute approximate surface area is 191 Å². The summed E-state index contributed by atoms with van der Waals surface area (Å²) in [5.41, 5.74) is 2.75. The summed E-state index contributed by atoms with van der Waals surface area (Å²) in [5, 5.41) is 0. The summed E-state index contributed by atoms with van der Waals surface area (Å²) < 4.78 is 10.7. The summed E-state index contributed by atoms with van der Waals surface area (Å²) in [5.74, 6) is 1.08. The Hall–Kier alpha value is -1.69. The number of hydrogen-bond donors (Lipinski definition) is 0. The summed E-state index contributed by atoms with van der Waals surface area (Å²) in [6.07, 6.45) is 6.58. The van der Waals surface area contributed by atoms with Crippen LogP contribution in [0.15, 0.2) is 11.1 Å². The molecule has 2 saturated heterocycles. The first-order valence-electron chi connectivity index (χ1n) is 12.6. The second-order valence-corrected chi connectivity index (χ2v) is 11.0. The number of methoxy groups -OCH3 is 1. The maximum Gasteiger partial charge on any atom is 0.309 e. The fourth-order valence-electron chi connectivity index (χ4n) is 7.89. The van der Waals surface area contributed by atoms with Crippen molar-refractivity contribution in [3.8, 4) is 0 Å². The third kappa shape index (κ3) is 3.63. The molecule has 2 heterocycles. The highest BCUT2D eigenvalue weighted by Gasteiger charge is 2.53. The molecule has 0 aromatic rings. The minimum atomic E-state index is -0.215. The normalized spacial score (nSPS) is 41.3. The molecule has 176 valence electrons. The van der Waals surface area contributed by atoms with Crippen molar-refractivity contribution in [2.45, 2.75) is 64.8 Å². The molecule has 5 aliphatic rings. The van der Waals surface area contributed by atoms with Crippen molar-refractivity contribution in [2.24, 2.45) is 41.4 Å². The van der Waals surface area contributed by atoms with Gasteiger partial charge < -0.3 is 9.47 Å². The van der Waals surface area contributed by atoms with Crippen LogP contribution in [0, 0.1) is 41.4 Å². The third-order valence-corrected chi connectivity index (χ3v) is 9.52. The van der Waals surface area contributed by atoms with Crippen molar-refractivity contribution >= 4 is 17.7 Å². The molecule has 8 atom stereocenters. The van der Waals surface area contributed by atoms with Crippen molar-refractivity contribution in [2.75, 3.05) is 26.8 Å². The van der Waals surface area contributed by atoms with Crippen LogP contribution in [0.5, 0.6) is 0 Å². The van der Waals surface area contributed by atoms with Crippen molar-refractivity contribution < 1.29 is 23.9 Å². The molecule has 32 heavy (non-hydrogen) atoms. The molecule has 6 nitrogen and oxygen atoms in total. The predicted octanol–water partition coefficient (Wildman–Crippen LogP) is 3.39. The van der Waals surface area contributed by atoms with Gasteiger partial charge in [-0.2, -0.15) is 0 Å². The van der Waals surface area contributed by atoms with E-state index in [2.05, 4.69) is 11.8 Å². The number of nitrogens with zero attached hydrogens (tertiary/aromatic N) is 1. The largest absolute Gasteiger partial charge is 0.469 e. The van der Waals surface area contributed by atoms with E-state index < -0.39 is 0 Å². The summed E-state index contributed by atoms with van der Waals surface area (Å²) in [6, 6.07) is 0.305. The van der Waals surface area contributed by atoms with Gasteiger partial charge in [-0.3, -0.25) is 19.3 Å². The molecule has 2 aliphatic heterocycles. The van der Waals surface area contributed by atoms with Gasteiger partial charge in [0.15, 0.2) is 0 Å². The second-order valence-electron chi connectivity index (χ2n) is 11.0. The van der Waals surface area contributed by atoms with E-state index >= 15 is 0 Å². The molecule has 0 amide bonds. The van der Waals surface area contributed by atoms with Crippen LogP contribution in [0.4, 0.5) is 0 Å². The number of ketones is 1. The van der Waals surface area contributed by atoms with Crippen LogP contribution in [-0.4, -0.2) is 55.5 Å². The van der Waals surface area contributed by atoms with Crippen LogP contribution in [0.1, 0.15) is 58.8 Å². The van der Waals surface area contributed by atoms with E-state index in [-0.39, 0.29) is 35.6 Å². The Balaban J connectivity index is 1.52. The van der Waals surface area contributed by atoms with Gasteiger partial charge in [-0.15, -0.1) is 0 Å². The average molecular weight is 444 g/mol. The average Bonchev–Trinajstić information content (AvgIpc) is 3.40. The number of Topliss-reactive ketones (excluding diaryl/α,β-unsaturated/α-hetero) is 1. The van der Waals surface area contributed by atoms with Crippen LogP contribution < -0.4 is 0 Å². The van der Waals surface area contributed by atoms with Crippen LogP contribution in [-0.2, 0) is 23.9 Å². The molecular weight excluding hydrogens is 406 g/mol. The zero-order chi connectivity index (χ0) is 22.6. The molecule has 5 rings (SSSR count). The predicted molar refractivity (Wildman–Crippen MR) is 118 cm³/mol. The summed E-state index contributed by atoms with van der Waals surface area (Å²) >= 11 is 0. The van der Waals surface area contributed by atoms with E-state index in [0.29, 0.717) is 42.6 Å². The lowest BCUT2D eigenvalue weighted by molar-refractivity contribution is -0.147. The smallest absolute Gasteiger partial charge is 0.309 e. The first kappa shape index (κ1) is 22.1. The van der Waals surface area contributed by atoms with Gasteiger partial charge in [0.25, 0.3) is 0 Å². The quantitative estimate of drug-likeness (QED) is 0.492. The Morgan fingerprint density at radius 1 is 1.09 bits per heavy atom. The molecule has 0 spiro atoms. The number of allylic oxidation sites excluding steroid dienone is 2. The third-order valence-electron chi connectivity index (χ3n) is 9.52. The summed E-state index contributed by atoms with van der Waals surface area (Å²) in [7, 11) is 1.47. The van der Waals surface area contributed by atoms with E-state index in [9.17, 15) is 14.4 Å². The van der Waals surface area contributed by atoms with E-state index in [1.807, 2.05) is 0 Å². The van der Waals surface area contributed by atoms with Gasteiger partial charge in [-0.25, -0.2) is 0 Å². The summed E-state index contributed by atoms with van der Waals surface area (Å²) in [6.45, 7) is 6.26. The molecule has 1 saturated carbocycles. The summed E-state index contributed by atoms with van der Waals surface area (Å²) in [4.78, 5) is 40.9. The maximum absolute atomic E-state index is 14.1. The van der Waals surface area contributed by atoms with Crippen LogP contribution in [0.3, 0.4) is 0 Å². The topological polar surface area (TPSA) is 72.9 Å². The molecule has 3 aliphatic carbocycles. The molecule has 0 aromatic carbocycles. The van der Waals surface area contributed by atoms with E-state index in [4.69, 9.17) is 9.47 Å². The molecule has 0 aromatic heterocycles. The molecule has 0 radical (unpaired) electrons. The van der Waals surface area contributed by atoms with E-state index in [1.54, 1.807) is 0 Å². The van der Waals surface area contributed by atoms with Crippen LogP contribution in [0.2, 0.25) is 0 Å². The zero-order valence-electron chi connectivity index (χ0n) is 19.7. The van der Waals surface area contributed by atoms with Gasteiger partial charge in [0.05, 0.1) is 19.6 Å². The maximum atomic E-state index is 14.1. The van der Waals surface area contributed by atoms with Crippen LogP contribution >= 0.6 is 0 Å². The number of esters is 2. The van der Waals surface area contributed by atoms with Gasteiger partial charge in [-0.05, 0) is 69.2 Å². The highest BCUT2D eigenvalue weighted by molar-refractivity contribution is 5.89. The van der Waals surface area contributed by atoms with Crippen molar-refractivity contribution in [3.05, 3.63) is 11.1 Å². The molecule has 0 N–H and O–H groups in total. The Bertz CT molecular complexity index is 834. The number of carbonyl (C=O) groups excluding carboxylic acids is 3. The fraction of sp³-hybridized carbons (Fsp3) is 0.808. The molecule has 0 unspecified atom stereocenters. The standard InChI is InChI=1S/C26H37NO5/c1-14-8-9-27-12-17-5-4-16-6-7-18-20(26(30)31-3)10-21(24(16)18)25(29)19(14)11-23(27)22(17)13-32-15(2)28/h14,17-23H,4-13H2,1-3H3/t14-,17+,18+,19+,20+,21+,22+,23+/m0/s1. The molecular formula is C26H37NO5. The Morgan fingerprint density at radius 2 is 1.88 bits per heavy atom. The van der Waals surface area contributed by atoms with Gasteiger partial charge >= 0.3 is 11.9 Å². The fourth-order valence-corrected chi connectivity index (χ4v) is 7.89. The van der Waals surface area contributed by atoms with Crippen molar-refractivity contribution in [1.82, 2.24) is 4.90 Å². The molecule has 3 bridgehead atoms. The molecule has 3 fully saturated rings. The minimum Gasteiger partial charge on any atom is -0.469 e. The van der Waals surface area contributed by atoms with Gasteiger partial charge in [0, 0.05) is 37.3 Å². The Morgan fingerprint density at radius 3 is 2.62 bits per heavy atom. The number of rotatable bonds is 3. The SMILES string of the molecule is COC(=O)[C@@H]1C[C@H]2C(=O)[C@@H]3C[C@@H]4[C@H](COC(C)=O)[C@H](CCC5=C2[C@@H]1CC5)CN4CC[C@@H]3C. The first-order valence-corrected chi connectivity index (χ1v) is 12.6. The number of hydrogen-bond acceptors (Lipinski definition) is 6. The number of fused-ring (bicyclic) bond motifs is 2. The second kappa shape index (κ2) is 8.58. The number of ether oxygens (including phenoxy) is 2. The lowest BCUT2D eigenvalue weighted by Crippen LogP contribution is -2.37. The van der Waals surface area contributed by atoms with Gasteiger partial charge in [0.1, 0.15) is 5.78 Å². The monoisotopic (exact) mass is 443 g/mol. The highest BCUT2D eigenvalue weighted by atomic mass is 16.5. The van der Waals surface area contributed by atoms with E-state index in [0.717, 1.165) is 51.6 Å². The van der Waals surface area contributed by atoms with Crippen molar-refractivity contribution in [1.29, 1.82) is 0 Å². The lowest BCUT2D eigenvalue weighted by atomic mass is 9.76. The first-order chi connectivity index (χ1) is 15.4. The number of carbonyl (C=O) groups is 3.